The average molecular weight is 224 g/mol. The Bertz CT molecular complexity index is 345. The molecule has 0 radical (unpaired) electrons. The van der Waals surface area contributed by atoms with Gasteiger partial charge in [0.25, 0.3) is 0 Å². The minimum absolute atomic E-state index is 0.165. The van der Waals surface area contributed by atoms with E-state index in [9.17, 15) is 0 Å². The molecule has 1 saturated heterocycles. The summed E-state index contributed by atoms with van der Waals surface area (Å²) in [5.74, 6) is 0. The van der Waals surface area contributed by atoms with Crippen LogP contribution < -0.4 is 0 Å². The quantitative estimate of drug-likeness (QED) is 0.638. The summed E-state index contributed by atoms with van der Waals surface area (Å²) in [6.45, 7) is 12.7. The fraction of sp³-hybridized carbons (Fsp3) is 0.667. The molecule has 2 nitrogen and oxygen atoms in total. The van der Waals surface area contributed by atoms with Gasteiger partial charge in [-0.1, -0.05) is 19.6 Å². The molecule has 0 aromatic heterocycles. The largest absolute Gasteiger partial charge is 0.493 e. The topological polar surface area (TPSA) is 18.5 Å². The van der Waals surface area contributed by atoms with Crippen LogP contribution in [0.2, 0.25) is 19.6 Å². The Morgan fingerprint density at radius 2 is 1.87 bits per heavy atom. The number of hydrogen-bond acceptors (Lipinski definition) is 2. The van der Waals surface area contributed by atoms with Crippen molar-refractivity contribution < 1.29 is 9.47 Å². The smallest absolute Gasteiger partial charge is 0.123 e. The van der Waals surface area contributed by atoms with E-state index in [1.807, 2.05) is 0 Å². The Labute approximate surface area is 93.0 Å². The van der Waals surface area contributed by atoms with Crippen molar-refractivity contribution in [3.63, 3.8) is 0 Å². The summed E-state index contributed by atoms with van der Waals surface area (Å²) in [6, 6.07) is 0. The monoisotopic (exact) mass is 224 g/mol. The third-order valence-electron chi connectivity index (χ3n) is 2.73. The first kappa shape index (κ1) is 11.0. The van der Waals surface area contributed by atoms with Gasteiger partial charge in [-0.05, 0) is 25.5 Å². The molecule has 0 amide bonds. The standard InChI is InChI=1S/C12H20O2Si/c1-12(2)6-9-7-13-8-10(9)11(14-12)15(3,4)5/h6H,7-8H2,1-5H3. The molecular weight excluding hydrogens is 204 g/mol. The molecule has 2 aliphatic rings. The molecule has 0 aromatic rings. The van der Waals surface area contributed by atoms with E-state index in [1.54, 1.807) is 0 Å². The van der Waals surface area contributed by atoms with Crippen LogP contribution in [0, 0.1) is 0 Å². The first-order valence-electron chi connectivity index (χ1n) is 5.52. The van der Waals surface area contributed by atoms with E-state index in [0.717, 1.165) is 13.2 Å². The van der Waals surface area contributed by atoms with Gasteiger partial charge in [-0.2, -0.15) is 0 Å². The molecule has 84 valence electrons. The second-order valence-electron chi connectivity index (χ2n) is 5.93. The van der Waals surface area contributed by atoms with Crippen molar-refractivity contribution in [3.05, 3.63) is 22.6 Å². The highest BCUT2D eigenvalue weighted by Gasteiger charge is 2.37. The van der Waals surface area contributed by atoms with Gasteiger partial charge >= 0.3 is 0 Å². The molecule has 3 heteroatoms. The maximum Gasteiger partial charge on any atom is 0.123 e. The van der Waals surface area contributed by atoms with Crippen molar-refractivity contribution in [1.29, 1.82) is 0 Å². The summed E-state index contributed by atoms with van der Waals surface area (Å²) in [4.78, 5) is 0. The number of hydrogen-bond donors (Lipinski definition) is 0. The van der Waals surface area contributed by atoms with Crippen molar-refractivity contribution >= 4 is 8.07 Å². The highest BCUT2D eigenvalue weighted by Crippen LogP contribution is 2.37. The fourth-order valence-corrected chi connectivity index (χ4v) is 3.87. The Morgan fingerprint density at radius 1 is 1.20 bits per heavy atom. The van der Waals surface area contributed by atoms with Crippen molar-refractivity contribution in [2.45, 2.75) is 39.1 Å². The third kappa shape index (κ3) is 2.04. The second-order valence-corrected chi connectivity index (χ2v) is 10.9. The SMILES string of the molecule is CC1(C)C=C2COCC2=C([Si](C)(C)C)O1. The minimum Gasteiger partial charge on any atom is -0.493 e. The van der Waals surface area contributed by atoms with E-state index < -0.39 is 8.07 Å². The zero-order chi connectivity index (χ0) is 11.3. The molecule has 0 saturated carbocycles. The summed E-state index contributed by atoms with van der Waals surface area (Å²) < 4.78 is 11.7. The van der Waals surface area contributed by atoms with Crippen LogP contribution in [-0.2, 0) is 9.47 Å². The Morgan fingerprint density at radius 3 is 2.47 bits per heavy atom. The van der Waals surface area contributed by atoms with E-state index in [1.165, 1.54) is 16.5 Å². The number of ether oxygens (including phenoxy) is 2. The molecule has 0 aromatic carbocycles. The van der Waals surface area contributed by atoms with Gasteiger partial charge in [-0.3, -0.25) is 0 Å². The van der Waals surface area contributed by atoms with Gasteiger partial charge in [0, 0.05) is 5.57 Å². The van der Waals surface area contributed by atoms with Crippen LogP contribution in [0.1, 0.15) is 13.8 Å². The van der Waals surface area contributed by atoms with Crippen LogP contribution in [0.5, 0.6) is 0 Å². The number of rotatable bonds is 1. The lowest BCUT2D eigenvalue weighted by molar-refractivity contribution is 0.0854. The van der Waals surface area contributed by atoms with Gasteiger partial charge in [0.2, 0.25) is 0 Å². The highest BCUT2D eigenvalue weighted by molar-refractivity contribution is 6.82. The highest BCUT2D eigenvalue weighted by atomic mass is 28.3. The molecular formula is C12H20O2Si. The van der Waals surface area contributed by atoms with Gasteiger partial charge in [0.15, 0.2) is 0 Å². The molecule has 0 atom stereocenters. The Hall–Kier alpha value is -0.543. The maximum atomic E-state index is 6.14. The zero-order valence-corrected chi connectivity index (χ0v) is 11.3. The van der Waals surface area contributed by atoms with Crippen molar-refractivity contribution in [1.82, 2.24) is 0 Å². The van der Waals surface area contributed by atoms with Gasteiger partial charge in [0.1, 0.15) is 13.7 Å². The average Bonchev–Trinajstić information content (AvgIpc) is 2.46. The van der Waals surface area contributed by atoms with Crippen LogP contribution >= 0.6 is 0 Å². The van der Waals surface area contributed by atoms with Crippen molar-refractivity contribution in [2.24, 2.45) is 0 Å². The maximum absolute atomic E-state index is 6.14. The van der Waals surface area contributed by atoms with Crippen LogP contribution in [-0.4, -0.2) is 26.9 Å². The summed E-state index contributed by atoms with van der Waals surface area (Å²) in [7, 11) is -1.39. The lowest BCUT2D eigenvalue weighted by atomic mass is 9.99. The molecule has 0 unspecified atom stereocenters. The van der Waals surface area contributed by atoms with Crippen LogP contribution in [0.15, 0.2) is 22.6 Å². The van der Waals surface area contributed by atoms with Gasteiger partial charge in [-0.15, -0.1) is 0 Å². The van der Waals surface area contributed by atoms with E-state index in [4.69, 9.17) is 9.47 Å². The first-order chi connectivity index (χ1) is 6.80. The zero-order valence-electron chi connectivity index (χ0n) is 10.3. The molecule has 2 heterocycles. The second kappa shape index (κ2) is 3.22. The van der Waals surface area contributed by atoms with Gasteiger partial charge in [0.05, 0.1) is 18.6 Å². The molecule has 15 heavy (non-hydrogen) atoms. The van der Waals surface area contributed by atoms with E-state index in [-0.39, 0.29) is 5.60 Å². The summed E-state index contributed by atoms with van der Waals surface area (Å²) in [5.41, 5.74) is 2.51. The summed E-state index contributed by atoms with van der Waals surface area (Å²) >= 11 is 0. The minimum atomic E-state index is -1.39. The number of fused-ring (bicyclic) bond motifs is 1. The molecule has 1 fully saturated rings. The van der Waals surface area contributed by atoms with E-state index in [2.05, 4.69) is 39.6 Å². The van der Waals surface area contributed by atoms with Crippen molar-refractivity contribution in [2.75, 3.05) is 13.2 Å². The predicted octanol–water partition coefficient (Wildman–Crippen LogP) is 2.88. The third-order valence-corrected chi connectivity index (χ3v) is 4.50. The van der Waals surface area contributed by atoms with E-state index in [0.29, 0.717) is 0 Å². The van der Waals surface area contributed by atoms with Crippen LogP contribution in [0.4, 0.5) is 0 Å². The molecule has 0 bridgehead atoms. The molecule has 0 spiro atoms. The van der Waals surface area contributed by atoms with Crippen molar-refractivity contribution in [3.8, 4) is 0 Å². The molecule has 2 rings (SSSR count). The van der Waals surface area contributed by atoms with Crippen LogP contribution in [0.3, 0.4) is 0 Å². The Balaban J connectivity index is 2.47. The lowest BCUT2D eigenvalue weighted by Crippen LogP contribution is -2.36. The Kier molecular flexibility index (Phi) is 2.35. The van der Waals surface area contributed by atoms with E-state index >= 15 is 0 Å². The molecule has 2 aliphatic heterocycles. The fourth-order valence-electron chi connectivity index (χ4n) is 2.16. The summed E-state index contributed by atoms with van der Waals surface area (Å²) in [5, 5.41) is 1.24. The van der Waals surface area contributed by atoms with Crippen LogP contribution in [0.25, 0.3) is 0 Å². The summed E-state index contributed by atoms with van der Waals surface area (Å²) in [6.07, 6.45) is 2.21. The van der Waals surface area contributed by atoms with Gasteiger partial charge < -0.3 is 9.47 Å². The predicted molar refractivity (Wildman–Crippen MR) is 64.4 cm³/mol. The normalized spacial score (nSPS) is 24.7. The lowest BCUT2D eigenvalue weighted by Gasteiger charge is -2.36. The molecule has 0 aliphatic carbocycles. The molecule has 0 N–H and O–H groups in total. The van der Waals surface area contributed by atoms with Gasteiger partial charge in [-0.25, -0.2) is 0 Å². The first-order valence-corrected chi connectivity index (χ1v) is 9.02.